The van der Waals surface area contributed by atoms with Crippen molar-refractivity contribution in [3.63, 3.8) is 0 Å². The zero-order chi connectivity index (χ0) is 17.3. The first kappa shape index (κ1) is 16.2. The van der Waals surface area contributed by atoms with Crippen molar-refractivity contribution in [1.29, 1.82) is 0 Å². The summed E-state index contributed by atoms with van der Waals surface area (Å²) in [5, 5.41) is 0. The first-order chi connectivity index (χ1) is 11.4. The summed E-state index contributed by atoms with van der Waals surface area (Å²) in [6, 6.07) is 7.97. The Morgan fingerprint density at radius 1 is 1.33 bits per heavy atom. The Bertz CT molecular complexity index is 676. The maximum Gasteiger partial charge on any atom is 0.413 e. The Labute approximate surface area is 136 Å². The van der Waals surface area contributed by atoms with Gasteiger partial charge in [0.25, 0.3) is 0 Å². The highest BCUT2D eigenvalue weighted by Crippen LogP contribution is 2.45. The number of amides is 1. The minimum Gasteiger partial charge on any atom is -0.463 e. The van der Waals surface area contributed by atoms with Gasteiger partial charge in [-0.15, -0.1) is 0 Å². The second-order valence-corrected chi connectivity index (χ2v) is 5.36. The Morgan fingerprint density at radius 2 is 2.04 bits per heavy atom. The van der Waals surface area contributed by atoms with Crippen LogP contribution in [0.1, 0.15) is 11.5 Å². The highest BCUT2D eigenvalue weighted by Gasteiger charge is 2.57. The molecule has 2 atom stereocenters. The fraction of sp³-hybridized carbons (Fsp3) is 0.375. The van der Waals surface area contributed by atoms with Gasteiger partial charge in [0, 0.05) is 0 Å². The minimum atomic E-state index is -3.46. The number of cyclic esters (lactones) is 1. The number of alkyl halides is 2. The summed E-state index contributed by atoms with van der Waals surface area (Å²) >= 11 is 0. The van der Waals surface area contributed by atoms with Crippen molar-refractivity contribution in [2.75, 3.05) is 20.3 Å². The van der Waals surface area contributed by atoms with Gasteiger partial charge < -0.3 is 14.2 Å². The second-order valence-electron chi connectivity index (χ2n) is 5.36. The molecule has 1 fully saturated rings. The lowest BCUT2D eigenvalue weighted by atomic mass is 9.88. The number of hydrogen-bond donors (Lipinski definition) is 0. The zero-order valence-corrected chi connectivity index (χ0v) is 12.8. The van der Waals surface area contributed by atoms with Crippen LogP contribution >= 0.6 is 0 Å². The number of benzene rings is 1. The molecule has 0 unspecified atom stereocenters. The molecule has 0 saturated carbocycles. The number of ether oxygens (including phenoxy) is 3. The molecule has 0 bridgehead atoms. The van der Waals surface area contributed by atoms with Crippen LogP contribution in [0.3, 0.4) is 0 Å². The lowest BCUT2D eigenvalue weighted by Crippen LogP contribution is -2.54. The predicted octanol–water partition coefficient (Wildman–Crippen LogP) is 2.27. The molecule has 1 aromatic rings. The van der Waals surface area contributed by atoms with Crippen molar-refractivity contribution >= 4 is 12.1 Å². The molecule has 0 aromatic heterocycles. The topological polar surface area (TPSA) is 65.1 Å². The Hall–Kier alpha value is -2.64. The van der Waals surface area contributed by atoms with Crippen molar-refractivity contribution in [1.82, 2.24) is 4.90 Å². The van der Waals surface area contributed by atoms with E-state index in [0.717, 1.165) is 18.1 Å². The van der Waals surface area contributed by atoms with E-state index in [1.807, 2.05) is 0 Å². The highest BCUT2D eigenvalue weighted by atomic mass is 19.3. The van der Waals surface area contributed by atoms with E-state index in [9.17, 15) is 9.59 Å². The Kier molecular flexibility index (Phi) is 4.13. The van der Waals surface area contributed by atoms with E-state index in [-0.39, 0.29) is 18.9 Å². The summed E-state index contributed by atoms with van der Waals surface area (Å²) in [5.41, 5.74) is 0.296. The van der Waals surface area contributed by atoms with Crippen LogP contribution in [-0.2, 0) is 19.0 Å². The quantitative estimate of drug-likeness (QED) is 0.791. The lowest BCUT2D eigenvalue weighted by molar-refractivity contribution is -0.193. The van der Waals surface area contributed by atoms with E-state index in [2.05, 4.69) is 4.74 Å². The van der Waals surface area contributed by atoms with Gasteiger partial charge in [-0.05, 0) is 11.6 Å². The van der Waals surface area contributed by atoms with Crippen molar-refractivity contribution in [2.45, 2.75) is 18.1 Å². The smallest absolute Gasteiger partial charge is 0.413 e. The number of halogens is 2. The molecule has 3 rings (SSSR count). The van der Waals surface area contributed by atoms with E-state index >= 15 is 8.78 Å². The maximum absolute atomic E-state index is 15.0. The third-order valence-corrected chi connectivity index (χ3v) is 3.92. The van der Waals surface area contributed by atoms with E-state index in [0.29, 0.717) is 5.56 Å². The normalized spacial score (nSPS) is 25.5. The number of hydrogen-bond acceptors (Lipinski definition) is 5. The molecule has 128 valence electrons. The van der Waals surface area contributed by atoms with Crippen LogP contribution in [0.2, 0.25) is 0 Å². The van der Waals surface area contributed by atoms with Gasteiger partial charge in [-0.1, -0.05) is 30.3 Å². The molecule has 6 nitrogen and oxygen atoms in total. The molecule has 24 heavy (non-hydrogen) atoms. The number of carbonyl (C=O) groups is 2. The summed E-state index contributed by atoms with van der Waals surface area (Å²) in [6.45, 7) is -0.0584. The van der Waals surface area contributed by atoms with Crippen LogP contribution in [0.15, 0.2) is 42.2 Å². The van der Waals surface area contributed by atoms with Gasteiger partial charge in [0.05, 0.1) is 19.6 Å². The van der Waals surface area contributed by atoms with Gasteiger partial charge in [-0.25, -0.2) is 9.59 Å². The van der Waals surface area contributed by atoms with Crippen LogP contribution in [0.25, 0.3) is 0 Å². The molecule has 1 amide bonds. The first-order valence-corrected chi connectivity index (χ1v) is 7.28. The molecule has 0 N–H and O–H groups in total. The van der Waals surface area contributed by atoms with Gasteiger partial charge in [0.1, 0.15) is 6.61 Å². The molecule has 2 aliphatic heterocycles. The number of esters is 1. The standard InChI is InChI=1S/C16H15F2NO5/c1-22-13(20)12-9-11(10-5-3-2-4-6-10)16(17,18)14(24-12)19-7-8-23-15(19)21/h2-6,9,11,14H,7-8H2,1H3/t11-,14-/m0/s1. The number of nitrogens with zero attached hydrogens (tertiary/aromatic N) is 1. The Balaban J connectivity index is 2.04. The largest absolute Gasteiger partial charge is 0.463 e. The van der Waals surface area contributed by atoms with Crippen LogP contribution < -0.4 is 0 Å². The molecule has 1 saturated heterocycles. The van der Waals surface area contributed by atoms with Crippen LogP contribution in [0, 0.1) is 0 Å². The van der Waals surface area contributed by atoms with Gasteiger partial charge in [0.2, 0.25) is 12.0 Å². The fourth-order valence-electron chi connectivity index (χ4n) is 2.74. The molecule has 0 aliphatic carbocycles. The SMILES string of the molecule is COC(=O)C1=C[C@@H](c2ccccc2)C(F)(F)[C@@H](N2CCOC2=O)O1. The fourth-order valence-corrected chi connectivity index (χ4v) is 2.74. The van der Waals surface area contributed by atoms with Crippen molar-refractivity contribution in [2.24, 2.45) is 0 Å². The minimum absolute atomic E-state index is 0.0119. The van der Waals surface area contributed by atoms with Crippen molar-refractivity contribution < 1.29 is 32.6 Å². The predicted molar refractivity (Wildman–Crippen MR) is 77.2 cm³/mol. The average Bonchev–Trinajstić information content (AvgIpc) is 3.00. The lowest BCUT2D eigenvalue weighted by Gasteiger charge is -2.39. The summed E-state index contributed by atoms with van der Waals surface area (Å²) in [4.78, 5) is 24.3. The van der Waals surface area contributed by atoms with Gasteiger partial charge >= 0.3 is 18.0 Å². The second kappa shape index (κ2) is 6.10. The van der Waals surface area contributed by atoms with Crippen molar-refractivity contribution in [3.05, 3.63) is 47.7 Å². The summed E-state index contributed by atoms with van der Waals surface area (Å²) in [6.07, 6.45) is -1.83. The van der Waals surface area contributed by atoms with Gasteiger partial charge in [-0.2, -0.15) is 8.78 Å². The van der Waals surface area contributed by atoms with Crippen LogP contribution in [0.4, 0.5) is 13.6 Å². The maximum atomic E-state index is 15.0. The first-order valence-electron chi connectivity index (χ1n) is 7.28. The van der Waals surface area contributed by atoms with Crippen LogP contribution in [0.5, 0.6) is 0 Å². The van der Waals surface area contributed by atoms with E-state index < -0.39 is 30.1 Å². The highest BCUT2D eigenvalue weighted by molar-refractivity contribution is 5.86. The van der Waals surface area contributed by atoms with Gasteiger partial charge in [0.15, 0.2) is 0 Å². The number of methoxy groups -OCH3 is 1. The number of carbonyl (C=O) groups excluding carboxylic acids is 2. The van der Waals surface area contributed by atoms with Gasteiger partial charge in [-0.3, -0.25) is 4.90 Å². The molecular formula is C16H15F2NO5. The summed E-state index contributed by atoms with van der Waals surface area (Å²) < 4.78 is 44.4. The van der Waals surface area contributed by atoms with E-state index in [1.165, 1.54) is 12.1 Å². The summed E-state index contributed by atoms with van der Waals surface area (Å²) in [7, 11) is 1.12. The molecule has 2 aliphatic rings. The number of allylic oxidation sites excluding steroid dienone is 1. The monoisotopic (exact) mass is 339 g/mol. The molecule has 0 spiro atoms. The third kappa shape index (κ3) is 2.68. The average molecular weight is 339 g/mol. The molecule has 2 heterocycles. The summed E-state index contributed by atoms with van der Waals surface area (Å²) in [5.74, 6) is -6.15. The molecular weight excluding hydrogens is 324 g/mol. The van der Waals surface area contributed by atoms with E-state index in [1.54, 1.807) is 18.2 Å². The molecule has 1 aromatic carbocycles. The molecule has 0 radical (unpaired) electrons. The zero-order valence-electron chi connectivity index (χ0n) is 12.8. The number of rotatable bonds is 3. The van der Waals surface area contributed by atoms with Crippen molar-refractivity contribution in [3.8, 4) is 0 Å². The molecule has 8 heteroatoms. The third-order valence-electron chi connectivity index (χ3n) is 3.92. The Morgan fingerprint density at radius 3 is 2.62 bits per heavy atom. The van der Waals surface area contributed by atoms with Crippen LogP contribution in [-0.4, -0.2) is 49.4 Å². The van der Waals surface area contributed by atoms with E-state index in [4.69, 9.17) is 9.47 Å².